The van der Waals surface area contributed by atoms with Crippen molar-refractivity contribution in [2.75, 3.05) is 33.9 Å². The Morgan fingerprint density at radius 3 is 2.58 bits per heavy atom. The summed E-state index contributed by atoms with van der Waals surface area (Å²) < 4.78 is 5.03. The minimum Gasteiger partial charge on any atom is -0.394 e. The van der Waals surface area contributed by atoms with Crippen LogP contribution < -0.4 is 0 Å². The molecule has 0 fully saturated rings. The van der Waals surface area contributed by atoms with Crippen molar-refractivity contribution < 1.29 is 14.6 Å². The van der Waals surface area contributed by atoms with Crippen LogP contribution in [0, 0.1) is 0 Å². The van der Waals surface area contributed by atoms with E-state index in [2.05, 4.69) is 0 Å². The lowest BCUT2D eigenvalue weighted by molar-refractivity contribution is -0.112. The average molecular weight is 175 g/mol. The van der Waals surface area contributed by atoms with Crippen LogP contribution in [0.15, 0.2) is 0 Å². The van der Waals surface area contributed by atoms with Crippen molar-refractivity contribution in [1.82, 2.24) is 4.90 Å². The second-order valence-corrected chi connectivity index (χ2v) is 2.79. The van der Waals surface area contributed by atoms with Crippen molar-refractivity contribution in [2.45, 2.75) is 12.5 Å². The number of aldehydes is 1. The SMILES string of the molecule is CN(C)C(C=O)CCOCCO. The molecule has 0 aromatic heterocycles. The Morgan fingerprint density at radius 1 is 1.50 bits per heavy atom. The zero-order valence-corrected chi connectivity index (χ0v) is 7.69. The van der Waals surface area contributed by atoms with Crippen LogP contribution in [-0.4, -0.2) is 56.3 Å². The van der Waals surface area contributed by atoms with E-state index < -0.39 is 0 Å². The first-order chi connectivity index (χ1) is 5.72. The van der Waals surface area contributed by atoms with Gasteiger partial charge < -0.3 is 14.6 Å². The van der Waals surface area contributed by atoms with Crippen LogP contribution in [0.4, 0.5) is 0 Å². The second-order valence-electron chi connectivity index (χ2n) is 2.79. The Balaban J connectivity index is 3.38. The first-order valence-corrected chi connectivity index (χ1v) is 4.02. The molecule has 0 aromatic carbocycles. The van der Waals surface area contributed by atoms with Gasteiger partial charge >= 0.3 is 0 Å². The van der Waals surface area contributed by atoms with Gasteiger partial charge in [-0.05, 0) is 20.5 Å². The Hall–Kier alpha value is -0.450. The Labute approximate surface area is 73.1 Å². The smallest absolute Gasteiger partial charge is 0.137 e. The molecule has 0 aromatic rings. The van der Waals surface area contributed by atoms with E-state index in [1.165, 1.54) is 0 Å². The van der Waals surface area contributed by atoms with Gasteiger partial charge in [-0.1, -0.05) is 0 Å². The van der Waals surface area contributed by atoms with Gasteiger partial charge in [-0.25, -0.2) is 0 Å². The Kier molecular flexibility index (Phi) is 6.94. The molecule has 0 radical (unpaired) electrons. The van der Waals surface area contributed by atoms with E-state index in [-0.39, 0.29) is 12.6 Å². The number of carbonyl (C=O) groups excluding carboxylic acids is 1. The van der Waals surface area contributed by atoms with Crippen LogP contribution in [0.2, 0.25) is 0 Å². The monoisotopic (exact) mass is 175 g/mol. The molecule has 1 unspecified atom stereocenters. The van der Waals surface area contributed by atoms with Crippen LogP contribution in [0.1, 0.15) is 6.42 Å². The summed E-state index contributed by atoms with van der Waals surface area (Å²) in [6.45, 7) is 0.898. The van der Waals surface area contributed by atoms with E-state index in [9.17, 15) is 4.79 Å². The zero-order valence-electron chi connectivity index (χ0n) is 7.69. The maximum Gasteiger partial charge on any atom is 0.137 e. The topological polar surface area (TPSA) is 49.8 Å². The molecule has 0 aliphatic heterocycles. The first kappa shape index (κ1) is 11.6. The summed E-state index contributed by atoms with van der Waals surface area (Å²) in [6, 6.07) is -0.0799. The van der Waals surface area contributed by atoms with Crippen molar-refractivity contribution >= 4 is 6.29 Å². The molecule has 0 spiro atoms. The van der Waals surface area contributed by atoms with E-state index in [1.54, 1.807) is 0 Å². The lowest BCUT2D eigenvalue weighted by Gasteiger charge is -2.17. The highest BCUT2D eigenvalue weighted by Gasteiger charge is 2.08. The fourth-order valence-corrected chi connectivity index (χ4v) is 0.819. The molecule has 4 nitrogen and oxygen atoms in total. The van der Waals surface area contributed by atoms with Crippen LogP contribution in [0.25, 0.3) is 0 Å². The van der Waals surface area contributed by atoms with E-state index >= 15 is 0 Å². The maximum absolute atomic E-state index is 10.5. The summed E-state index contributed by atoms with van der Waals surface area (Å²) in [5.41, 5.74) is 0. The van der Waals surface area contributed by atoms with E-state index in [0.29, 0.717) is 19.6 Å². The van der Waals surface area contributed by atoms with Crippen molar-refractivity contribution in [1.29, 1.82) is 0 Å². The summed E-state index contributed by atoms with van der Waals surface area (Å²) in [7, 11) is 3.70. The number of hydrogen-bond donors (Lipinski definition) is 1. The summed E-state index contributed by atoms with van der Waals surface area (Å²) in [6.07, 6.45) is 1.58. The van der Waals surface area contributed by atoms with Crippen molar-refractivity contribution in [2.24, 2.45) is 0 Å². The van der Waals surface area contributed by atoms with Gasteiger partial charge in [0.25, 0.3) is 0 Å². The third kappa shape index (κ3) is 5.23. The van der Waals surface area contributed by atoms with Crippen molar-refractivity contribution in [3.05, 3.63) is 0 Å². The molecule has 0 bridgehead atoms. The molecule has 72 valence electrons. The Morgan fingerprint density at radius 2 is 2.17 bits per heavy atom. The highest BCUT2D eigenvalue weighted by atomic mass is 16.5. The number of aliphatic hydroxyl groups excluding tert-OH is 1. The highest BCUT2D eigenvalue weighted by Crippen LogP contribution is 1.96. The van der Waals surface area contributed by atoms with E-state index in [4.69, 9.17) is 9.84 Å². The van der Waals surface area contributed by atoms with Crippen LogP contribution in [0.3, 0.4) is 0 Å². The molecule has 0 heterocycles. The predicted molar refractivity (Wildman–Crippen MR) is 46.1 cm³/mol. The summed E-state index contributed by atoms with van der Waals surface area (Å²) >= 11 is 0. The van der Waals surface area contributed by atoms with Gasteiger partial charge in [0.05, 0.1) is 19.3 Å². The van der Waals surface area contributed by atoms with Gasteiger partial charge in [0, 0.05) is 6.61 Å². The van der Waals surface area contributed by atoms with Gasteiger partial charge in [-0.2, -0.15) is 0 Å². The van der Waals surface area contributed by atoms with Gasteiger partial charge in [-0.15, -0.1) is 0 Å². The average Bonchev–Trinajstić information content (AvgIpc) is 2.04. The quantitative estimate of drug-likeness (QED) is 0.419. The number of ether oxygens (including phenoxy) is 1. The fourth-order valence-electron chi connectivity index (χ4n) is 0.819. The number of likely N-dealkylation sites (N-methyl/N-ethyl adjacent to an activating group) is 1. The van der Waals surface area contributed by atoms with Gasteiger partial charge in [0.15, 0.2) is 0 Å². The molecule has 0 amide bonds. The predicted octanol–water partition coefficient (Wildman–Crippen LogP) is -0.486. The van der Waals surface area contributed by atoms with Crippen molar-refractivity contribution in [3.63, 3.8) is 0 Å². The largest absolute Gasteiger partial charge is 0.394 e. The molecule has 0 aliphatic rings. The highest BCUT2D eigenvalue weighted by molar-refractivity contribution is 5.57. The Bertz CT molecular complexity index is 117. The summed E-state index contributed by atoms with van der Waals surface area (Å²) in [4.78, 5) is 12.3. The van der Waals surface area contributed by atoms with Gasteiger partial charge in [-0.3, -0.25) is 4.90 Å². The van der Waals surface area contributed by atoms with Gasteiger partial charge in [0.2, 0.25) is 0 Å². The number of nitrogens with zero attached hydrogens (tertiary/aromatic N) is 1. The third-order valence-corrected chi connectivity index (χ3v) is 1.61. The standard InChI is InChI=1S/C8H17NO3/c1-9(2)8(7-11)3-5-12-6-4-10/h7-8,10H,3-6H2,1-2H3. The van der Waals surface area contributed by atoms with Gasteiger partial charge in [0.1, 0.15) is 6.29 Å². The zero-order chi connectivity index (χ0) is 9.40. The molecular weight excluding hydrogens is 158 g/mol. The molecule has 0 saturated carbocycles. The number of aliphatic hydroxyl groups is 1. The molecule has 0 saturated heterocycles. The van der Waals surface area contributed by atoms with Crippen LogP contribution >= 0.6 is 0 Å². The molecule has 1 N–H and O–H groups in total. The number of rotatable bonds is 7. The molecule has 1 atom stereocenters. The van der Waals surface area contributed by atoms with Crippen LogP contribution in [-0.2, 0) is 9.53 Å². The maximum atomic E-state index is 10.5. The molecule has 0 aliphatic carbocycles. The van der Waals surface area contributed by atoms with Crippen LogP contribution in [0.5, 0.6) is 0 Å². The molecular formula is C8H17NO3. The molecule has 12 heavy (non-hydrogen) atoms. The van der Waals surface area contributed by atoms with E-state index in [0.717, 1.165) is 6.29 Å². The number of hydrogen-bond acceptors (Lipinski definition) is 4. The minimum atomic E-state index is -0.0799. The fraction of sp³-hybridized carbons (Fsp3) is 0.875. The van der Waals surface area contributed by atoms with Crippen molar-refractivity contribution in [3.8, 4) is 0 Å². The summed E-state index contributed by atoms with van der Waals surface area (Å²) in [5, 5.41) is 8.39. The normalized spacial score (nSPS) is 13.3. The van der Waals surface area contributed by atoms with E-state index in [1.807, 2.05) is 19.0 Å². The lowest BCUT2D eigenvalue weighted by Crippen LogP contribution is -2.30. The molecule has 0 rings (SSSR count). The minimum absolute atomic E-state index is 0.0354. The second kappa shape index (κ2) is 7.21. The molecule has 4 heteroatoms. The lowest BCUT2D eigenvalue weighted by atomic mass is 10.2. The third-order valence-electron chi connectivity index (χ3n) is 1.61. The summed E-state index contributed by atoms with van der Waals surface area (Å²) in [5.74, 6) is 0. The first-order valence-electron chi connectivity index (χ1n) is 4.02. The number of carbonyl (C=O) groups is 1.